The summed E-state index contributed by atoms with van der Waals surface area (Å²) in [6.45, 7) is 3.73. The highest BCUT2D eigenvalue weighted by atomic mass is 35.5. The van der Waals surface area contributed by atoms with Gasteiger partial charge in [0, 0.05) is 32.1 Å². The van der Waals surface area contributed by atoms with Crippen molar-refractivity contribution in [3.8, 4) is 0 Å². The second-order valence-corrected chi connectivity index (χ2v) is 6.49. The molecule has 0 aliphatic carbocycles. The number of carbonyl (C=O) groups excluding carboxylic acids is 2. The van der Waals surface area contributed by atoms with Crippen LogP contribution in [0, 0.1) is 11.8 Å². The minimum Gasteiger partial charge on any atom is -0.352 e. The van der Waals surface area contributed by atoms with Crippen LogP contribution in [0.15, 0.2) is 30.3 Å². The monoisotopic (exact) mass is 351 g/mol. The fourth-order valence-corrected chi connectivity index (χ4v) is 3.42. The number of halogens is 1. The van der Waals surface area contributed by atoms with Crippen molar-refractivity contribution in [2.24, 2.45) is 11.8 Å². The Hall–Kier alpha value is -1.59. The molecular weight excluding hydrogens is 326 g/mol. The molecular formula is C18H26ClN3O2. The van der Waals surface area contributed by atoms with Gasteiger partial charge in [-0.15, -0.1) is 12.4 Å². The van der Waals surface area contributed by atoms with E-state index in [1.54, 1.807) is 0 Å². The smallest absolute Gasteiger partial charge is 0.227 e. The van der Waals surface area contributed by atoms with Crippen LogP contribution in [0.3, 0.4) is 0 Å². The number of hydrogen-bond donors (Lipinski definition) is 2. The van der Waals surface area contributed by atoms with Crippen LogP contribution in [0.25, 0.3) is 0 Å². The topological polar surface area (TPSA) is 61.4 Å². The van der Waals surface area contributed by atoms with Gasteiger partial charge in [-0.25, -0.2) is 0 Å². The second kappa shape index (κ2) is 9.04. The number of amides is 2. The lowest BCUT2D eigenvalue weighted by Gasteiger charge is -2.32. The summed E-state index contributed by atoms with van der Waals surface area (Å²) in [5.74, 6) is 0.546. The minimum atomic E-state index is 0. The Kier molecular flexibility index (Phi) is 7.06. The third-order valence-corrected chi connectivity index (χ3v) is 4.90. The van der Waals surface area contributed by atoms with E-state index >= 15 is 0 Å². The van der Waals surface area contributed by atoms with Crippen LogP contribution in [0.4, 0.5) is 0 Å². The Morgan fingerprint density at radius 3 is 2.42 bits per heavy atom. The number of piperidine rings is 1. The van der Waals surface area contributed by atoms with Crippen LogP contribution in [-0.4, -0.2) is 42.9 Å². The average molecular weight is 352 g/mol. The van der Waals surface area contributed by atoms with Gasteiger partial charge < -0.3 is 15.5 Å². The predicted octanol–water partition coefficient (Wildman–Crippen LogP) is 1.57. The van der Waals surface area contributed by atoms with E-state index in [0.717, 1.165) is 37.9 Å². The molecule has 1 unspecified atom stereocenters. The summed E-state index contributed by atoms with van der Waals surface area (Å²) in [4.78, 5) is 26.6. The molecule has 2 heterocycles. The summed E-state index contributed by atoms with van der Waals surface area (Å²) in [6, 6.07) is 9.94. The van der Waals surface area contributed by atoms with Crippen molar-refractivity contribution in [3.05, 3.63) is 35.9 Å². The van der Waals surface area contributed by atoms with E-state index < -0.39 is 0 Å². The van der Waals surface area contributed by atoms with Gasteiger partial charge in [0.25, 0.3) is 0 Å². The zero-order valence-electron chi connectivity index (χ0n) is 13.9. The quantitative estimate of drug-likeness (QED) is 0.865. The zero-order chi connectivity index (χ0) is 16.1. The molecule has 0 aromatic heterocycles. The van der Waals surface area contributed by atoms with Crippen molar-refractivity contribution < 1.29 is 9.59 Å². The fraction of sp³-hybridized carbons (Fsp3) is 0.556. The number of nitrogens with zero attached hydrogens (tertiary/aromatic N) is 1. The van der Waals surface area contributed by atoms with Crippen molar-refractivity contribution in [2.75, 3.05) is 26.2 Å². The second-order valence-electron chi connectivity index (χ2n) is 6.49. The van der Waals surface area contributed by atoms with Crippen molar-refractivity contribution in [2.45, 2.75) is 25.8 Å². The highest BCUT2D eigenvalue weighted by Gasteiger charge is 2.31. The summed E-state index contributed by atoms with van der Waals surface area (Å²) >= 11 is 0. The van der Waals surface area contributed by atoms with Gasteiger partial charge in [0.1, 0.15) is 0 Å². The van der Waals surface area contributed by atoms with E-state index in [9.17, 15) is 9.59 Å². The normalized spacial score (nSPS) is 21.2. The lowest BCUT2D eigenvalue weighted by atomic mass is 9.94. The first-order valence-electron chi connectivity index (χ1n) is 8.55. The number of benzene rings is 1. The van der Waals surface area contributed by atoms with Gasteiger partial charge in [-0.3, -0.25) is 9.59 Å². The van der Waals surface area contributed by atoms with Crippen LogP contribution in [-0.2, 0) is 16.1 Å². The summed E-state index contributed by atoms with van der Waals surface area (Å²) in [7, 11) is 0. The van der Waals surface area contributed by atoms with Crippen LogP contribution in [0.1, 0.15) is 24.8 Å². The lowest BCUT2D eigenvalue weighted by molar-refractivity contribution is -0.138. The molecule has 2 aliphatic heterocycles. The molecule has 0 spiro atoms. The van der Waals surface area contributed by atoms with E-state index in [1.165, 1.54) is 0 Å². The summed E-state index contributed by atoms with van der Waals surface area (Å²) in [6.07, 6.45) is 2.48. The standard InChI is InChI=1S/C18H25N3O2.ClH/c22-17(20-12-14-4-2-1-3-5-14)15-7-10-21(11-8-15)18(23)16-6-9-19-13-16;/h1-5,15-16,19H,6-13H2,(H,20,22);1H. The van der Waals surface area contributed by atoms with E-state index in [0.29, 0.717) is 19.6 Å². The van der Waals surface area contributed by atoms with Crippen molar-refractivity contribution >= 4 is 24.2 Å². The maximum atomic E-state index is 12.4. The van der Waals surface area contributed by atoms with Crippen LogP contribution < -0.4 is 10.6 Å². The molecule has 2 amide bonds. The number of likely N-dealkylation sites (tertiary alicyclic amines) is 1. The average Bonchev–Trinajstić information content (AvgIpc) is 3.15. The maximum Gasteiger partial charge on any atom is 0.227 e. The van der Waals surface area contributed by atoms with Gasteiger partial charge in [0.2, 0.25) is 11.8 Å². The Balaban J connectivity index is 0.00000208. The van der Waals surface area contributed by atoms with E-state index in [-0.39, 0.29) is 36.1 Å². The van der Waals surface area contributed by atoms with Gasteiger partial charge in [0.15, 0.2) is 0 Å². The molecule has 1 atom stereocenters. The number of rotatable bonds is 4. The molecule has 5 nitrogen and oxygen atoms in total. The Labute approximate surface area is 149 Å². The molecule has 0 radical (unpaired) electrons. The molecule has 6 heteroatoms. The van der Waals surface area contributed by atoms with Crippen molar-refractivity contribution in [1.82, 2.24) is 15.5 Å². The Bertz CT molecular complexity index is 538. The third-order valence-electron chi connectivity index (χ3n) is 4.90. The zero-order valence-corrected chi connectivity index (χ0v) is 14.7. The van der Waals surface area contributed by atoms with E-state index in [2.05, 4.69) is 10.6 Å². The number of nitrogens with one attached hydrogen (secondary N) is 2. The van der Waals surface area contributed by atoms with Gasteiger partial charge in [0.05, 0.1) is 5.92 Å². The summed E-state index contributed by atoms with van der Waals surface area (Å²) in [5, 5.41) is 6.26. The van der Waals surface area contributed by atoms with Gasteiger partial charge in [-0.05, 0) is 31.4 Å². The molecule has 1 aromatic rings. The largest absolute Gasteiger partial charge is 0.352 e. The molecule has 1 aromatic carbocycles. The third kappa shape index (κ3) is 4.71. The lowest BCUT2D eigenvalue weighted by Crippen LogP contribution is -2.45. The highest BCUT2D eigenvalue weighted by molar-refractivity contribution is 5.85. The van der Waals surface area contributed by atoms with Gasteiger partial charge >= 0.3 is 0 Å². The van der Waals surface area contributed by atoms with Crippen LogP contribution in [0.2, 0.25) is 0 Å². The summed E-state index contributed by atoms with van der Waals surface area (Å²) in [5.41, 5.74) is 1.11. The minimum absolute atomic E-state index is 0. The SMILES string of the molecule is Cl.O=C(NCc1ccccc1)C1CCN(C(=O)C2CCNC2)CC1. The first kappa shape index (κ1) is 18.7. The predicted molar refractivity (Wildman–Crippen MR) is 95.8 cm³/mol. The van der Waals surface area contributed by atoms with Crippen molar-refractivity contribution in [3.63, 3.8) is 0 Å². The molecule has 2 aliphatic rings. The molecule has 3 rings (SSSR count). The molecule has 24 heavy (non-hydrogen) atoms. The molecule has 0 bridgehead atoms. The number of hydrogen-bond acceptors (Lipinski definition) is 3. The Morgan fingerprint density at radius 1 is 1.08 bits per heavy atom. The molecule has 2 fully saturated rings. The Morgan fingerprint density at radius 2 is 1.79 bits per heavy atom. The summed E-state index contributed by atoms with van der Waals surface area (Å²) < 4.78 is 0. The van der Waals surface area contributed by atoms with E-state index in [1.807, 2.05) is 35.2 Å². The molecule has 132 valence electrons. The maximum absolute atomic E-state index is 12.4. The first-order chi connectivity index (χ1) is 11.2. The molecule has 2 N–H and O–H groups in total. The van der Waals surface area contributed by atoms with Gasteiger partial charge in [-0.1, -0.05) is 30.3 Å². The molecule has 0 saturated carbocycles. The molecule has 2 saturated heterocycles. The van der Waals surface area contributed by atoms with E-state index in [4.69, 9.17) is 0 Å². The highest BCUT2D eigenvalue weighted by Crippen LogP contribution is 2.21. The first-order valence-corrected chi connectivity index (χ1v) is 8.55. The van der Waals surface area contributed by atoms with Crippen LogP contribution in [0.5, 0.6) is 0 Å². The fourth-order valence-electron chi connectivity index (χ4n) is 3.42. The van der Waals surface area contributed by atoms with Crippen LogP contribution >= 0.6 is 12.4 Å². The number of carbonyl (C=O) groups is 2. The van der Waals surface area contributed by atoms with Crippen molar-refractivity contribution in [1.29, 1.82) is 0 Å². The van der Waals surface area contributed by atoms with Gasteiger partial charge in [-0.2, -0.15) is 0 Å².